The molecule has 4 atom stereocenters. The van der Waals surface area contributed by atoms with E-state index in [1.165, 1.54) is 13.8 Å². The molecule has 0 aliphatic rings. The molecule has 0 saturated heterocycles. The summed E-state index contributed by atoms with van der Waals surface area (Å²) in [5, 5.41) is 10.7. The number of nitrogens with zero attached hydrogens (tertiary/aromatic N) is 1. The lowest BCUT2D eigenvalue weighted by Gasteiger charge is -2.27. The highest BCUT2D eigenvalue weighted by molar-refractivity contribution is 6.01. The first kappa shape index (κ1) is 34.0. The van der Waals surface area contributed by atoms with Crippen LogP contribution in [0.1, 0.15) is 74.0 Å². The molecule has 11 heteroatoms. The highest BCUT2D eigenvalue weighted by Gasteiger charge is 2.32. The maximum absolute atomic E-state index is 13.3. The summed E-state index contributed by atoms with van der Waals surface area (Å²) in [6.45, 7) is 13.8. The second-order valence-electron chi connectivity index (χ2n) is 11.6. The van der Waals surface area contributed by atoms with E-state index >= 15 is 0 Å². The SMILES string of the molecule is CCC(NC(=O)C(C)NC(=O)C(NC(=O)C(Cc1ccc(C)cc1)NC(C)=O)C(C)C)C(=O)c1nc2c(C)ccc(C)c2o1. The maximum atomic E-state index is 13.3. The van der Waals surface area contributed by atoms with Crippen molar-refractivity contribution >= 4 is 40.5 Å². The summed E-state index contributed by atoms with van der Waals surface area (Å²) < 4.78 is 5.76. The monoisotopic (exact) mass is 605 g/mol. The highest BCUT2D eigenvalue weighted by atomic mass is 16.4. The van der Waals surface area contributed by atoms with E-state index in [-0.39, 0.29) is 30.6 Å². The number of Topliss-reactive ketones (excluding diaryl/α,β-unsaturated/α-hetero) is 1. The van der Waals surface area contributed by atoms with Crippen LogP contribution in [0.4, 0.5) is 0 Å². The van der Waals surface area contributed by atoms with Crippen molar-refractivity contribution in [3.8, 4) is 0 Å². The van der Waals surface area contributed by atoms with Crippen molar-refractivity contribution in [3.63, 3.8) is 0 Å². The fraction of sp³-hybridized carbons (Fsp3) is 0.455. The van der Waals surface area contributed by atoms with Gasteiger partial charge in [0.2, 0.25) is 29.4 Å². The fourth-order valence-corrected chi connectivity index (χ4v) is 4.74. The van der Waals surface area contributed by atoms with E-state index in [9.17, 15) is 24.0 Å². The predicted molar refractivity (Wildman–Crippen MR) is 167 cm³/mol. The van der Waals surface area contributed by atoms with E-state index < -0.39 is 47.7 Å². The Hall–Kier alpha value is -4.54. The Morgan fingerprint density at radius 2 is 1.41 bits per heavy atom. The minimum Gasteiger partial charge on any atom is -0.433 e. The van der Waals surface area contributed by atoms with Crippen LogP contribution in [0, 0.1) is 26.7 Å². The molecule has 1 aromatic heterocycles. The van der Waals surface area contributed by atoms with Gasteiger partial charge in [-0.05, 0) is 56.7 Å². The molecular formula is C33H43N5O6. The van der Waals surface area contributed by atoms with Gasteiger partial charge in [-0.1, -0.05) is 62.7 Å². The van der Waals surface area contributed by atoms with Gasteiger partial charge in [-0.25, -0.2) is 4.98 Å². The minimum absolute atomic E-state index is 0.0943. The molecule has 0 aliphatic heterocycles. The molecule has 0 bridgehead atoms. The number of carbonyl (C=O) groups is 5. The number of aryl methyl sites for hydroxylation is 3. The molecule has 4 unspecified atom stereocenters. The highest BCUT2D eigenvalue weighted by Crippen LogP contribution is 2.23. The summed E-state index contributed by atoms with van der Waals surface area (Å²) in [4.78, 5) is 69.0. The third-order valence-electron chi connectivity index (χ3n) is 7.45. The van der Waals surface area contributed by atoms with Gasteiger partial charge in [0.25, 0.3) is 5.89 Å². The summed E-state index contributed by atoms with van der Waals surface area (Å²) in [7, 11) is 0. The molecule has 0 spiro atoms. The van der Waals surface area contributed by atoms with Crippen LogP contribution >= 0.6 is 0 Å². The summed E-state index contributed by atoms with van der Waals surface area (Å²) in [6, 6.07) is 7.55. The molecule has 0 fully saturated rings. The quantitative estimate of drug-likeness (QED) is 0.218. The normalized spacial score (nSPS) is 13.9. The number of carbonyl (C=O) groups excluding carboxylic acids is 5. The third-order valence-corrected chi connectivity index (χ3v) is 7.45. The Morgan fingerprint density at radius 1 is 0.773 bits per heavy atom. The van der Waals surface area contributed by atoms with Crippen LogP contribution < -0.4 is 21.3 Å². The second kappa shape index (κ2) is 14.8. The number of amides is 4. The van der Waals surface area contributed by atoms with Gasteiger partial charge in [-0.15, -0.1) is 0 Å². The standard InChI is InChI=1S/C33H43N5O6/c1-9-24(28(40)33-38-27-19(5)12-13-20(6)29(27)44-33)36-30(41)21(7)34-32(43)26(17(2)3)37-31(42)25(35-22(8)39)16-23-14-10-18(4)11-15-23/h10-15,17,21,24-26H,9,16H2,1-8H3,(H,34,43)(H,35,39)(H,36,41)(H,37,42). The van der Waals surface area contributed by atoms with E-state index in [0.29, 0.717) is 11.1 Å². The van der Waals surface area contributed by atoms with Crippen molar-refractivity contribution in [2.24, 2.45) is 5.92 Å². The Balaban J connectivity index is 1.66. The van der Waals surface area contributed by atoms with Crippen LogP contribution in [0.5, 0.6) is 0 Å². The molecule has 4 amide bonds. The molecule has 2 aromatic carbocycles. The molecule has 0 radical (unpaired) electrons. The van der Waals surface area contributed by atoms with E-state index in [2.05, 4.69) is 26.3 Å². The Labute approximate surface area is 257 Å². The van der Waals surface area contributed by atoms with Gasteiger partial charge < -0.3 is 25.7 Å². The lowest BCUT2D eigenvalue weighted by Crippen LogP contribution is -2.58. The zero-order chi connectivity index (χ0) is 32.7. The average Bonchev–Trinajstić information content (AvgIpc) is 3.43. The number of ketones is 1. The van der Waals surface area contributed by atoms with E-state index in [4.69, 9.17) is 4.42 Å². The molecule has 1 heterocycles. The number of fused-ring (bicyclic) bond motifs is 1. The minimum atomic E-state index is -1.02. The molecule has 4 N–H and O–H groups in total. The lowest BCUT2D eigenvalue weighted by molar-refractivity contribution is -0.134. The number of nitrogens with one attached hydrogen (secondary N) is 4. The third kappa shape index (κ3) is 8.52. The topological polar surface area (TPSA) is 160 Å². The van der Waals surface area contributed by atoms with E-state index in [1.807, 2.05) is 57.2 Å². The lowest BCUT2D eigenvalue weighted by atomic mass is 10.00. The van der Waals surface area contributed by atoms with Gasteiger partial charge in [-0.2, -0.15) is 0 Å². The first-order valence-electron chi connectivity index (χ1n) is 14.9. The van der Waals surface area contributed by atoms with Crippen molar-refractivity contribution in [2.45, 2.75) is 92.4 Å². The molecule has 3 aromatic rings. The van der Waals surface area contributed by atoms with E-state index in [0.717, 1.165) is 22.3 Å². The van der Waals surface area contributed by atoms with Gasteiger partial charge in [0.1, 0.15) is 23.6 Å². The van der Waals surface area contributed by atoms with Crippen LogP contribution in [-0.2, 0) is 25.6 Å². The number of aromatic nitrogens is 1. The molecule has 3 rings (SSSR count). The Bertz CT molecular complexity index is 1490. The first-order chi connectivity index (χ1) is 20.7. The molecule has 11 nitrogen and oxygen atoms in total. The Morgan fingerprint density at radius 3 is 1.98 bits per heavy atom. The van der Waals surface area contributed by atoms with Crippen molar-refractivity contribution in [1.82, 2.24) is 26.3 Å². The van der Waals surface area contributed by atoms with E-state index in [1.54, 1.807) is 20.8 Å². The predicted octanol–water partition coefficient (Wildman–Crippen LogP) is 3.22. The van der Waals surface area contributed by atoms with Crippen LogP contribution in [0.15, 0.2) is 40.8 Å². The number of benzene rings is 2. The van der Waals surface area contributed by atoms with Crippen molar-refractivity contribution in [2.75, 3.05) is 0 Å². The molecular weight excluding hydrogens is 562 g/mol. The molecule has 236 valence electrons. The van der Waals surface area contributed by atoms with Crippen LogP contribution in [0.3, 0.4) is 0 Å². The first-order valence-corrected chi connectivity index (χ1v) is 14.9. The Kier molecular flexibility index (Phi) is 11.4. The van der Waals surface area contributed by atoms with Gasteiger partial charge in [0.15, 0.2) is 5.58 Å². The van der Waals surface area contributed by atoms with Crippen LogP contribution in [0.2, 0.25) is 0 Å². The van der Waals surface area contributed by atoms with Crippen molar-refractivity contribution < 1.29 is 28.4 Å². The van der Waals surface area contributed by atoms with Gasteiger partial charge >= 0.3 is 0 Å². The van der Waals surface area contributed by atoms with Gasteiger partial charge in [-0.3, -0.25) is 24.0 Å². The fourth-order valence-electron chi connectivity index (χ4n) is 4.74. The number of rotatable bonds is 13. The summed E-state index contributed by atoms with van der Waals surface area (Å²) in [5.41, 5.74) is 4.75. The number of oxazole rings is 1. The smallest absolute Gasteiger partial charge is 0.266 e. The summed E-state index contributed by atoms with van der Waals surface area (Å²) in [5.74, 6) is -2.95. The summed E-state index contributed by atoms with van der Waals surface area (Å²) >= 11 is 0. The average molecular weight is 606 g/mol. The molecule has 44 heavy (non-hydrogen) atoms. The van der Waals surface area contributed by atoms with Crippen LogP contribution in [0.25, 0.3) is 11.1 Å². The van der Waals surface area contributed by atoms with Crippen LogP contribution in [-0.4, -0.2) is 58.6 Å². The van der Waals surface area contributed by atoms with Crippen molar-refractivity contribution in [1.29, 1.82) is 0 Å². The molecule has 0 saturated carbocycles. The zero-order valence-electron chi connectivity index (χ0n) is 26.7. The van der Waals surface area contributed by atoms with Gasteiger partial charge in [0.05, 0.1) is 6.04 Å². The number of hydrogen-bond donors (Lipinski definition) is 4. The second-order valence-corrected chi connectivity index (χ2v) is 11.6. The molecule has 0 aliphatic carbocycles. The zero-order valence-corrected chi connectivity index (χ0v) is 26.7. The van der Waals surface area contributed by atoms with Crippen molar-refractivity contribution in [3.05, 3.63) is 64.5 Å². The summed E-state index contributed by atoms with van der Waals surface area (Å²) in [6.07, 6.45) is 0.515. The van der Waals surface area contributed by atoms with Gasteiger partial charge in [0, 0.05) is 13.3 Å². The number of hydrogen-bond acceptors (Lipinski definition) is 7. The maximum Gasteiger partial charge on any atom is 0.266 e. The largest absolute Gasteiger partial charge is 0.433 e.